The van der Waals surface area contributed by atoms with Gasteiger partial charge in [-0.2, -0.15) is 0 Å². The largest absolute Gasteiger partial charge is 0.380 e. The number of carbonyl (C=O) groups is 1. The molecule has 3 aromatic rings. The molecule has 6 heteroatoms. The molecule has 0 fully saturated rings. The van der Waals surface area contributed by atoms with Gasteiger partial charge in [0.15, 0.2) is 5.84 Å². The Kier molecular flexibility index (Phi) is 5.09. The summed E-state index contributed by atoms with van der Waals surface area (Å²) in [6, 6.07) is 13.5. The van der Waals surface area contributed by atoms with Gasteiger partial charge in [0.05, 0.1) is 0 Å². The number of amidine groups is 1. The van der Waals surface area contributed by atoms with Crippen LogP contribution in [-0.4, -0.2) is 16.8 Å². The van der Waals surface area contributed by atoms with Gasteiger partial charge in [0.2, 0.25) is 0 Å². The highest BCUT2D eigenvalue weighted by molar-refractivity contribution is 5.97. The van der Waals surface area contributed by atoms with E-state index in [0.717, 1.165) is 22.9 Å². The predicted molar refractivity (Wildman–Crippen MR) is 94.5 cm³/mol. The number of nitrogens with zero attached hydrogens (tertiary/aromatic N) is 1. The van der Waals surface area contributed by atoms with Crippen LogP contribution in [0.5, 0.6) is 0 Å². The minimum Gasteiger partial charge on any atom is -0.380 e. The number of rotatable bonds is 6. The number of hydrogen-bond donors (Lipinski definition) is 2. The Bertz CT molecular complexity index is 900. The fourth-order valence-electron chi connectivity index (χ4n) is 2.58. The summed E-state index contributed by atoms with van der Waals surface area (Å²) in [5.74, 6) is -0.791. The van der Waals surface area contributed by atoms with Gasteiger partial charge in [-0.05, 0) is 48.7 Å². The second-order valence-electron chi connectivity index (χ2n) is 5.66. The minimum atomic E-state index is -0.454. The molecule has 0 unspecified atom stereocenters. The average molecular weight is 339 g/mol. The number of oxime groups is 1. The van der Waals surface area contributed by atoms with E-state index in [9.17, 15) is 9.18 Å². The number of nitrogens with two attached hydrogens (primary N) is 1. The molecule has 0 bridgehead atoms. The Morgan fingerprint density at radius 1 is 1.16 bits per heavy atom. The van der Waals surface area contributed by atoms with Gasteiger partial charge in [-0.25, -0.2) is 9.18 Å². The van der Waals surface area contributed by atoms with E-state index in [1.807, 2.05) is 30.5 Å². The number of halogens is 1. The van der Waals surface area contributed by atoms with Crippen molar-refractivity contribution < 1.29 is 14.0 Å². The molecule has 128 valence electrons. The molecule has 0 amide bonds. The van der Waals surface area contributed by atoms with E-state index in [2.05, 4.69) is 10.1 Å². The van der Waals surface area contributed by atoms with Crippen LogP contribution in [0, 0.1) is 5.82 Å². The maximum Gasteiger partial charge on any atom is 0.335 e. The van der Waals surface area contributed by atoms with Crippen molar-refractivity contribution in [3.05, 3.63) is 71.7 Å². The number of aromatic nitrogens is 1. The van der Waals surface area contributed by atoms with Crippen molar-refractivity contribution in [2.75, 3.05) is 0 Å². The monoisotopic (exact) mass is 339 g/mol. The summed E-state index contributed by atoms with van der Waals surface area (Å²) >= 11 is 0. The summed E-state index contributed by atoms with van der Waals surface area (Å²) in [6.45, 7) is 0. The Morgan fingerprint density at radius 3 is 2.72 bits per heavy atom. The molecule has 1 aromatic heterocycles. The summed E-state index contributed by atoms with van der Waals surface area (Å²) in [6.07, 6.45) is 3.60. The molecule has 0 aliphatic heterocycles. The van der Waals surface area contributed by atoms with E-state index in [1.54, 1.807) is 0 Å². The first-order valence-electron chi connectivity index (χ1n) is 7.98. The van der Waals surface area contributed by atoms with E-state index in [0.29, 0.717) is 12.0 Å². The fraction of sp³-hybridized carbons (Fsp3) is 0.158. The van der Waals surface area contributed by atoms with Crippen LogP contribution in [0.4, 0.5) is 4.39 Å². The summed E-state index contributed by atoms with van der Waals surface area (Å²) in [5, 5.41) is 4.77. The molecule has 0 saturated heterocycles. The number of hydrogen-bond acceptors (Lipinski definition) is 3. The van der Waals surface area contributed by atoms with Crippen molar-refractivity contribution in [3.8, 4) is 0 Å². The van der Waals surface area contributed by atoms with Crippen LogP contribution >= 0.6 is 0 Å². The predicted octanol–water partition coefficient (Wildman–Crippen LogP) is 3.49. The summed E-state index contributed by atoms with van der Waals surface area (Å²) in [5.41, 5.74) is 8.45. The second-order valence-corrected chi connectivity index (χ2v) is 5.66. The fourth-order valence-corrected chi connectivity index (χ4v) is 2.58. The zero-order chi connectivity index (χ0) is 17.6. The lowest BCUT2D eigenvalue weighted by Gasteiger charge is -2.02. The third-order valence-electron chi connectivity index (χ3n) is 3.89. The Balaban J connectivity index is 1.49. The molecular formula is C19H18FN3O2. The van der Waals surface area contributed by atoms with Crippen LogP contribution in [0.1, 0.15) is 24.0 Å². The van der Waals surface area contributed by atoms with E-state index >= 15 is 0 Å². The second kappa shape index (κ2) is 7.61. The average Bonchev–Trinajstić information content (AvgIpc) is 3.04. The van der Waals surface area contributed by atoms with Gasteiger partial charge in [0.25, 0.3) is 0 Å². The lowest BCUT2D eigenvalue weighted by molar-refractivity contribution is -0.143. The number of para-hydroxylation sites is 1. The molecule has 2 aromatic carbocycles. The normalized spacial score (nSPS) is 11.6. The van der Waals surface area contributed by atoms with Crippen LogP contribution in [0.2, 0.25) is 0 Å². The van der Waals surface area contributed by atoms with Gasteiger partial charge >= 0.3 is 5.97 Å². The molecule has 0 aliphatic carbocycles. The van der Waals surface area contributed by atoms with Crippen LogP contribution in [0.15, 0.2) is 59.9 Å². The van der Waals surface area contributed by atoms with Crippen LogP contribution in [0.3, 0.4) is 0 Å². The first-order chi connectivity index (χ1) is 12.1. The minimum absolute atomic E-state index is 0.0324. The van der Waals surface area contributed by atoms with Crippen molar-refractivity contribution in [1.29, 1.82) is 0 Å². The number of H-pyrrole nitrogens is 1. The van der Waals surface area contributed by atoms with Gasteiger partial charge in [-0.3, -0.25) is 0 Å². The zero-order valence-electron chi connectivity index (χ0n) is 13.5. The van der Waals surface area contributed by atoms with Crippen molar-refractivity contribution in [2.45, 2.75) is 19.3 Å². The lowest BCUT2D eigenvalue weighted by Crippen LogP contribution is -2.15. The standard InChI is InChI=1S/C19H18FN3O2/c20-15-10-8-13(9-11-15)19(21)23-25-18(24)7-3-4-14-12-22-17-6-2-1-5-16(14)17/h1-2,5-6,8-12,22H,3-4,7H2,(H2,21,23). The van der Waals surface area contributed by atoms with Gasteiger partial charge in [0, 0.05) is 29.1 Å². The number of aryl methyl sites for hydroxylation is 1. The number of carbonyl (C=O) groups excluding carboxylic acids is 1. The number of fused-ring (bicyclic) bond motifs is 1. The van der Waals surface area contributed by atoms with E-state index in [1.165, 1.54) is 24.3 Å². The zero-order valence-corrected chi connectivity index (χ0v) is 13.5. The van der Waals surface area contributed by atoms with Gasteiger partial charge in [0.1, 0.15) is 5.82 Å². The molecule has 25 heavy (non-hydrogen) atoms. The third kappa shape index (κ3) is 4.23. The van der Waals surface area contributed by atoms with E-state index in [-0.39, 0.29) is 18.1 Å². The Hall–Kier alpha value is -3.15. The Labute approximate surface area is 144 Å². The maximum atomic E-state index is 12.8. The molecule has 0 atom stereocenters. The number of aromatic amines is 1. The molecular weight excluding hydrogens is 321 g/mol. The van der Waals surface area contributed by atoms with Crippen LogP contribution in [0.25, 0.3) is 10.9 Å². The molecule has 3 N–H and O–H groups in total. The lowest BCUT2D eigenvalue weighted by atomic mass is 10.1. The molecule has 3 rings (SSSR count). The topological polar surface area (TPSA) is 80.5 Å². The van der Waals surface area contributed by atoms with Crippen LogP contribution in [-0.2, 0) is 16.1 Å². The first kappa shape index (κ1) is 16.7. The highest BCUT2D eigenvalue weighted by Gasteiger charge is 2.07. The SMILES string of the molecule is N/C(=N\OC(=O)CCCc1c[nH]c2ccccc12)c1ccc(F)cc1. The Morgan fingerprint density at radius 2 is 1.92 bits per heavy atom. The highest BCUT2D eigenvalue weighted by atomic mass is 19.1. The van der Waals surface area contributed by atoms with Crippen LogP contribution < -0.4 is 5.73 Å². The molecule has 0 radical (unpaired) electrons. The van der Waals surface area contributed by atoms with E-state index in [4.69, 9.17) is 10.6 Å². The summed E-state index contributed by atoms with van der Waals surface area (Å²) < 4.78 is 12.8. The van der Waals surface area contributed by atoms with Gasteiger partial charge in [-0.15, -0.1) is 0 Å². The molecule has 5 nitrogen and oxygen atoms in total. The van der Waals surface area contributed by atoms with Crippen molar-refractivity contribution in [1.82, 2.24) is 4.98 Å². The van der Waals surface area contributed by atoms with Crippen molar-refractivity contribution >= 4 is 22.7 Å². The number of benzene rings is 2. The third-order valence-corrected chi connectivity index (χ3v) is 3.89. The molecule has 0 saturated carbocycles. The smallest absolute Gasteiger partial charge is 0.335 e. The maximum absolute atomic E-state index is 12.8. The van der Waals surface area contributed by atoms with Crippen molar-refractivity contribution in [2.24, 2.45) is 10.9 Å². The summed E-state index contributed by atoms with van der Waals surface area (Å²) in [7, 11) is 0. The molecule has 0 aliphatic rings. The van der Waals surface area contributed by atoms with Gasteiger partial charge < -0.3 is 15.6 Å². The molecule has 0 spiro atoms. The summed E-state index contributed by atoms with van der Waals surface area (Å²) in [4.78, 5) is 19.8. The van der Waals surface area contributed by atoms with E-state index < -0.39 is 5.97 Å². The molecule has 1 heterocycles. The first-order valence-corrected chi connectivity index (χ1v) is 7.98. The highest BCUT2D eigenvalue weighted by Crippen LogP contribution is 2.19. The van der Waals surface area contributed by atoms with Crippen molar-refractivity contribution in [3.63, 3.8) is 0 Å². The number of nitrogens with one attached hydrogen (secondary N) is 1. The quantitative estimate of drug-likeness (QED) is 0.312. The van der Waals surface area contributed by atoms with Gasteiger partial charge in [-0.1, -0.05) is 23.4 Å².